The van der Waals surface area contributed by atoms with Crippen molar-refractivity contribution in [1.29, 1.82) is 0 Å². The molecule has 1 aliphatic rings. The number of primary amides is 1. The zero-order valence-corrected chi connectivity index (χ0v) is 8.23. The Morgan fingerprint density at radius 2 is 1.60 bits per heavy atom. The van der Waals surface area contributed by atoms with E-state index in [0.29, 0.717) is 0 Å². The molecule has 0 heterocycles. The Kier molecular flexibility index (Phi) is 4.08. The lowest BCUT2D eigenvalue weighted by atomic mass is 9.98. The smallest absolute Gasteiger partial charge is 0.426 e. The van der Waals surface area contributed by atoms with Gasteiger partial charge in [-0.1, -0.05) is 6.42 Å². The van der Waals surface area contributed by atoms with Crippen LogP contribution in [0.1, 0.15) is 32.1 Å². The maximum atomic E-state index is 11.0. The van der Waals surface area contributed by atoms with Gasteiger partial charge >= 0.3 is 18.0 Å². The summed E-state index contributed by atoms with van der Waals surface area (Å²) >= 11 is 0. The normalized spacial score (nSPS) is 16.8. The molecular weight excluding hydrogens is 202 g/mol. The molecule has 6 nitrogen and oxygen atoms in total. The van der Waals surface area contributed by atoms with Crippen molar-refractivity contribution < 1.29 is 23.9 Å². The van der Waals surface area contributed by atoms with Crippen molar-refractivity contribution in [3.8, 4) is 0 Å². The number of ether oxygens (including phenoxy) is 2. The van der Waals surface area contributed by atoms with Gasteiger partial charge in [-0.05, 0) is 25.7 Å². The van der Waals surface area contributed by atoms with Crippen molar-refractivity contribution in [3.05, 3.63) is 0 Å². The number of nitrogens with two attached hydrogens (primary N) is 1. The predicted octanol–water partition coefficient (Wildman–Crippen LogP) is 0.484. The molecule has 2 N–H and O–H groups in total. The molecule has 1 rings (SSSR count). The van der Waals surface area contributed by atoms with Gasteiger partial charge in [0.25, 0.3) is 0 Å². The Hall–Kier alpha value is -1.59. The van der Waals surface area contributed by atoms with E-state index in [1.807, 2.05) is 0 Å². The van der Waals surface area contributed by atoms with E-state index >= 15 is 0 Å². The third-order valence-electron chi connectivity index (χ3n) is 2.19. The van der Waals surface area contributed by atoms with Crippen molar-refractivity contribution in [1.82, 2.24) is 0 Å². The van der Waals surface area contributed by atoms with Gasteiger partial charge in [0.05, 0.1) is 0 Å². The SMILES string of the molecule is NC(=O)OC(=O)C(=O)OC1CCCCC1. The molecule has 0 spiro atoms. The molecule has 0 bridgehead atoms. The molecule has 0 radical (unpaired) electrons. The highest BCUT2D eigenvalue weighted by Crippen LogP contribution is 2.20. The molecule has 0 atom stereocenters. The van der Waals surface area contributed by atoms with Crippen molar-refractivity contribution in [3.63, 3.8) is 0 Å². The van der Waals surface area contributed by atoms with E-state index < -0.39 is 18.0 Å². The fourth-order valence-electron chi connectivity index (χ4n) is 1.52. The summed E-state index contributed by atoms with van der Waals surface area (Å²) in [6.07, 6.45) is 3.00. The first-order valence-electron chi connectivity index (χ1n) is 4.82. The van der Waals surface area contributed by atoms with Crippen LogP contribution in [0.4, 0.5) is 4.79 Å². The van der Waals surface area contributed by atoms with Crippen LogP contribution in [0.2, 0.25) is 0 Å². The average molecular weight is 215 g/mol. The predicted molar refractivity (Wildman–Crippen MR) is 48.6 cm³/mol. The third kappa shape index (κ3) is 3.97. The van der Waals surface area contributed by atoms with Crippen LogP contribution in [0.25, 0.3) is 0 Å². The van der Waals surface area contributed by atoms with E-state index in [9.17, 15) is 14.4 Å². The molecule has 1 aliphatic carbocycles. The lowest BCUT2D eigenvalue weighted by molar-refractivity contribution is -0.168. The molecule has 15 heavy (non-hydrogen) atoms. The van der Waals surface area contributed by atoms with Crippen molar-refractivity contribution in [2.45, 2.75) is 38.2 Å². The fraction of sp³-hybridized carbons (Fsp3) is 0.667. The topological polar surface area (TPSA) is 95.7 Å². The van der Waals surface area contributed by atoms with Crippen LogP contribution in [0.5, 0.6) is 0 Å². The quantitative estimate of drug-likeness (QED) is 0.390. The second kappa shape index (κ2) is 5.33. The Bertz CT molecular complexity index is 270. The van der Waals surface area contributed by atoms with Gasteiger partial charge in [0.2, 0.25) is 0 Å². The van der Waals surface area contributed by atoms with Gasteiger partial charge in [-0.2, -0.15) is 0 Å². The lowest BCUT2D eigenvalue weighted by Gasteiger charge is -2.20. The number of hydrogen-bond acceptors (Lipinski definition) is 5. The monoisotopic (exact) mass is 215 g/mol. The molecule has 0 unspecified atom stereocenters. The fourth-order valence-corrected chi connectivity index (χ4v) is 1.52. The highest BCUT2D eigenvalue weighted by Gasteiger charge is 2.25. The zero-order chi connectivity index (χ0) is 11.3. The van der Waals surface area contributed by atoms with Crippen LogP contribution in [-0.2, 0) is 19.1 Å². The Balaban J connectivity index is 2.33. The van der Waals surface area contributed by atoms with Gasteiger partial charge in [-0.25, -0.2) is 14.4 Å². The molecule has 0 saturated heterocycles. The molecule has 6 heteroatoms. The van der Waals surface area contributed by atoms with Crippen molar-refractivity contribution in [2.75, 3.05) is 0 Å². The maximum Gasteiger partial charge on any atom is 0.426 e. The maximum absolute atomic E-state index is 11.0. The van der Waals surface area contributed by atoms with Gasteiger partial charge in [-0.15, -0.1) is 0 Å². The van der Waals surface area contributed by atoms with Gasteiger partial charge in [-0.3, -0.25) is 0 Å². The van der Waals surface area contributed by atoms with Crippen LogP contribution < -0.4 is 5.73 Å². The second-order valence-electron chi connectivity index (χ2n) is 3.37. The van der Waals surface area contributed by atoms with E-state index in [0.717, 1.165) is 32.1 Å². The molecule has 1 fully saturated rings. The number of amides is 1. The summed E-state index contributed by atoms with van der Waals surface area (Å²) in [4.78, 5) is 32.0. The van der Waals surface area contributed by atoms with Crippen LogP contribution >= 0.6 is 0 Å². The summed E-state index contributed by atoms with van der Waals surface area (Å²) in [5, 5.41) is 0. The second-order valence-corrected chi connectivity index (χ2v) is 3.37. The van der Waals surface area contributed by atoms with Crippen LogP contribution in [0.15, 0.2) is 0 Å². The highest BCUT2D eigenvalue weighted by molar-refractivity contribution is 6.31. The number of esters is 2. The molecule has 84 valence electrons. The molecule has 0 aromatic rings. The van der Waals surface area contributed by atoms with Crippen LogP contribution in [-0.4, -0.2) is 24.1 Å². The van der Waals surface area contributed by atoms with Crippen molar-refractivity contribution >= 4 is 18.0 Å². The summed E-state index contributed by atoms with van der Waals surface area (Å²) < 4.78 is 8.71. The minimum atomic E-state index is -1.35. The molecule has 0 aromatic heterocycles. The molecular formula is C9H13NO5. The van der Waals surface area contributed by atoms with Gasteiger partial charge in [0, 0.05) is 0 Å². The first-order valence-corrected chi connectivity index (χ1v) is 4.82. The van der Waals surface area contributed by atoms with E-state index in [2.05, 4.69) is 10.5 Å². The van der Waals surface area contributed by atoms with Crippen LogP contribution in [0, 0.1) is 0 Å². The zero-order valence-electron chi connectivity index (χ0n) is 8.23. The number of carbonyl (C=O) groups is 3. The van der Waals surface area contributed by atoms with Crippen LogP contribution in [0.3, 0.4) is 0 Å². The molecule has 1 saturated carbocycles. The highest BCUT2D eigenvalue weighted by atomic mass is 16.6. The standard InChI is InChI=1S/C9H13NO5/c10-9(13)15-8(12)7(11)14-6-4-2-1-3-5-6/h6H,1-5H2,(H2,10,13). The average Bonchev–Trinajstić information content (AvgIpc) is 2.18. The first-order chi connectivity index (χ1) is 7.09. The summed E-state index contributed by atoms with van der Waals surface area (Å²) in [6.45, 7) is 0. The largest absolute Gasteiger partial charge is 0.454 e. The minimum absolute atomic E-state index is 0.244. The number of hydrogen-bond donors (Lipinski definition) is 1. The minimum Gasteiger partial charge on any atom is -0.454 e. The van der Waals surface area contributed by atoms with E-state index in [4.69, 9.17) is 4.74 Å². The number of rotatable bonds is 1. The molecule has 1 amide bonds. The Labute approximate surface area is 86.7 Å². The molecule has 0 aromatic carbocycles. The van der Waals surface area contributed by atoms with Gasteiger partial charge in [0.15, 0.2) is 0 Å². The van der Waals surface area contributed by atoms with E-state index in [1.165, 1.54) is 0 Å². The van der Waals surface area contributed by atoms with E-state index in [-0.39, 0.29) is 6.10 Å². The summed E-state index contributed by atoms with van der Waals surface area (Å²) in [5.41, 5.74) is 4.57. The molecule has 0 aliphatic heterocycles. The third-order valence-corrected chi connectivity index (χ3v) is 2.19. The Morgan fingerprint density at radius 1 is 1.00 bits per heavy atom. The summed E-state index contributed by atoms with van der Waals surface area (Å²) in [6, 6.07) is 0. The lowest BCUT2D eigenvalue weighted by Crippen LogP contribution is -2.30. The van der Waals surface area contributed by atoms with Gasteiger partial charge < -0.3 is 15.2 Å². The summed E-state index contributed by atoms with van der Waals surface area (Å²) in [5.74, 6) is -2.51. The Morgan fingerprint density at radius 3 is 2.13 bits per heavy atom. The van der Waals surface area contributed by atoms with E-state index in [1.54, 1.807) is 0 Å². The first kappa shape index (κ1) is 11.5. The van der Waals surface area contributed by atoms with Crippen molar-refractivity contribution in [2.24, 2.45) is 5.73 Å². The van der Waals surface area contributed by atoms with Gasteiger partial charge in [0.1, 0.15) is 6.10 Å². The summed E-state index contributed by atoms with van der Waals surface area (Å²) in [7, 11) is 0. The number of carbonyl (C=O) groups excluding carboxylic acids is 3.